The number of carbonyl (C=O) groups is 2. The molecule has 0 saturated heterocycles. The number of thiol groups is 2. The van der Waals surface area contributed by atoms with Crippen LogP contribution in [0.25, 0.3) is 0 Å². The predicted molar refractivity (Wildman–Crippen MR) is 65.6 cm³/mol. The molecule has 0 aliphatic heterocycles. The third-order valence-electron chi connectivity index (χ3n) is 0.802. The van der Waals surface area contributed by atoms with Gasteiger partial charge in [0, 0.05) is 18.6 Å². The maximum absolute atomic E-state index is 10.4. The monoisotopic (exact) mass is 260 g/mol. The fraction of sp³-hybridized carbons (Fsp3) is 0.667. The first kappa shape index (κ1) is 16.0. The summed E-state index contributed by atoms with van der Waals surface area (Å²) in [6.45, 7) is 1.60. The van der Waals surface area contributed by atoms with Crippen LogP contribution in [0.1, 0.15) is 19.8 Å². The van der Waals surface area contributed by atoms with Crippen LogP contribution in [0.2, 0.25) is 0 Å². The second-order valence-electron chi connectivity index (χ2n) is 1.79. The second kappa shape index (κ2) is 12.5. The normalized spacial score (nSPS) is 8.54. The Morgan fingerprint density at radius 3 is 2.08 bits per heavy atom. The molecule has 0 unspecified atom stereocenters. The Bertz CT molecular complexity index is 151. The molecule has 7 heteroatoms. The molecule has 0 aromatic rings. The van der Waals surface area contributed by atoms with Crippen molar-refractivity contribution in [3.63, 3.8) is 0 Å². The van der Waals surface area contributed by atoms with E-state index in [1.54, 1.807) is 6.92 Å². The van der Waals surface area contributed by atoms with Crippen LogP contribution in [0.3, 0.4) is 0 Å². The number of carboxylic acid groups (broad SMARTS) is 1. The summed E-state index contributed by atoms with van der Waals surface area (Å²) in [5.41, 5.74) is 0. The molecular weight excluding hydrogens is 248 g/mol. The minimum Gasteiger partial charge on any atom is -0.481 e. The molecule has 78 valence electrons. The third-order valence-corrected chi connectivity index (χ3v) is 2.75. The summed E-state index contributed by atoms with van der Waals surface area (Å²) in [6.07, 6.45) is 0.780. The van der Waals surface area contributed by atoms with E-state index in [4.69, 9.17) is 5.11 Å². The van der Waals surface area contributed by atoms with E-state index >= 15 is 0 Å². The lowest BCUT2D eigenvalue weighted by atomic mass is 10.5. The molecule has 0 bridgehead atoms. The fourth-order valence-corrected chi connectivity index (χ4v) is 1.32. The zero-order valence-corrected chi connectivity index (χ0v) is 10.5. The molecule has 0 spiro atoms. The van der Waals surface area contributed by atoms with Crippen molar-refractivity contribution in [2.45, 2.75) is 19.8 Å². The molecule has 3 nitrogen and oxygen atoms in total. The van der Waals surface area contributed by atoms with Crippen LogP contribution in [0.4, 0.5) is 0 Å². The van der Waals surface area contributed by atoms with Crippen LogP contribution in [-0.2, 0) is 9.59 Å². The van der Waals surface area contributed by atoms with E-state index in [-0.39, 0.29) is 11.5 Å². The minimum absolute atomic E-state index is 0.106. The summed E-state index contributed by atoms with van der Waals surface area (Å²) >= 11 is 7.59. The third kappa shape index (κ3) is 19.1. The predicted octanol–water partition coefficient (Wildman–Crippen LogP) is 2.54. The molecule has 0 rings (SSSR count). The van der Waals surface area contributed by atoms with E-state index in [0.29, 0.717) is 6.42 Å². The SMILES string of the molecule is CCC(=O)O.O=C(CCSS)SS. The van der Waals surface area contributed by atoms with Gasteiger partial charge in [-0.25, -0.2) is 0 Å². The van der Waals surface area contributed by atoms with Crippen molar-refractivity contribution in [1.29, 1.82) is 0 Å². The Morgan fingerprint density at radius 1 is 1.38 bits per heavy atom. The first-order valence-corrected chi connectivity index (χ1v) is 7.31. The highest BCUT2D eigenvalue weighted by atomic mass is 33.1. The lowest BCUT2D eigenvalue weighted by Crippen LogP contribution is -1.88. The van der Waals surface area contributed by atoms with Gasteiger partial charge >= 0.3 is 5.97 Å². The molecule has 0 atom stereocenters. The van der Waals surface area contributed by atoms with E-state index < -0.39 is 5.97 Å². The van der Waals surface area contributed by atoms with Gasteiger partial charge in [0.2, 0.25) is 0 Å². The van der Waals surface area contributed by atoms with Crippen molar-refractivity contribution in [1.82, 2.24) is 0 Å². The zero-order valence-electron chi connectivity index (χ0n) is 7.10. The highest BCUT2D eigenvalue weighted by Gasteiger charge is 1.96. The highest BCUT2D eigenvalue weighted by Crippen LogP contribution is 2.13. The van der Waals surface area contributed by atoms with Crippen LogP contribution in [0.15, 0.2) is 0 Å². The van der Waals surface area contributed by atoms with E-state index in [1.165, 1.54) is 10.8 Å². The molecule has 0 heterocycles. The molecule has 0 aromatic heterocycles. The van der Waals surface area contributed by atoms with E-state index in [1.807, 2.05) is 0 Å². The van der Waals surface area contributed by atoms with Crippen LogP contribution < -0.4 is 0 Å². The summed E-state index contributed by atoms with van der Waals surface area (Å²) in [6, 6.07) is 0. The average molecular weight is 260 g/mol. The van der Waals surface area contributed by atoms with Gasteiger partial charge in [0.15, 0.2) is 5.12 Å². The molecule has 13 heavy (non-hydrogen) atoms. The molecule has 0 saturated carbocycles. The molecule has 0 aliphatic rings. The van der Waals surface area contributed by atoms with Gasteiger partial charge in [-0.3, -0.25) is 9.59 Å². The van der Waals surface area contributed by atoms with Crippen LogP contribution >= 0.6 is 44.9 Å². The Labute approximate surface area is 96.0 Å². The van der Waals surface area contributed by atoms with Crippen LogP contribution in [-0.4, -0.2) is 21.9 Å². The Morgan fingerprint density at radius 2 is 1.85 bits per heavy atom. The van der Waals surface area contributed by atoms with Crippen molar-refractivity contribution in [3.8, 4) is 0 Å². The maximum atomic E-state index is 10.4. The summed E-state index contributed by atoms with van der Waals surface area (Å²) in [7, 11) is 2.34. The maximum Gasteiger partial charge on any atom is 0.303 e. The number of hydrogen-bond acceptors (Lipinski definition) is 6. The highest BCUT2D eigenvalue weighted by molar-refractivity contribution is 8.74. The van der Waals surface area contributed by atoms with Crippen molar-refractivity contribution in [3.05, 3.63) is 0 Å². The standard InChI is InChI=1S/C3H6O2.C3H6OS4/c1-2-3(4)5;4-3(8-6)1-2-7-5/h2H2,1H3,(H,4,5);5-6H,1-2H2. The fourth-order valence-electron chi connectivity index (χ4n) is 0.175. The molecule has 0 fully saturated rings. The molecule has 1 N–H and O–H groups in total. The largest absolute Gasteiger partial charge is 0.481 e. The number of carbonyl (C=O) groups excluding carboxylic acids is 1. The summed E-state index contributed by atoms with van der Waals surface area (Å²) in [5.74, 6) is 0.0279. The Balaban J connectivity index is 0. The molecule has 0 aromatic carbocycles. The first-order valence-electron chi connectivity index (χ1n) is 3.40. The van der Waals surface area contributed by atoms with Crippen molar-refractivity contribution < 1.29 is 14.7 Å². The average Bonchev–Trinajstić information content (AvgIpc) is 2.15. The van der Waals surface area contributed by atoms with Crippen molar-refractivity contribution in [2.24, 2.45) is 0 Å². The first-order chi connectivity index (χ1) is 6.08. The Kier molecular flexibility index (Phi) is 15.4. The van der Waals surface area contributed by atoms with Gasteiger partial charge in [-0.2, -0.15) is 0 Å². The molecule has 0 aliphatic carbocycles. The van der Waals surface area contributed by atoms with Crippen molar-refractivity contribution in [2.75, 3.05) is 5.75 Å². The Hall–Kier alpha value is 0.540. The van der Waals surface area contributed by atoms with Gasteiger partial charge in [-0.05, 0) is 10.8 Å². The number of aliphatic carboxylic acids is 1. The zero-order chi connectivity index (χ0) is 10.7. The number of hydrogen-bond donors (Lipinski definition) is 3. The molecular formula is C6H12O3S4. The summed E-state index contributed by atoms with van der Waals surface area (Å²) in [5, 5.41) is 7.83. The number of carboxylic acids is 1. The quantitative estimate of drug-likeness (QED) is 0.536. The second-order valence-corrected chi connectivity index (χ2v) is 4.42. The van der Waals surface area contributed by atoms with Crippen LogP contribution in [0.5, 0.6) is 0 Å². The van der Waals surface area contributed by atoms with Crippen molar-refractivity contribution >= 4 is 56.0 Å². The number of rotatable bonds is 4. The van der Waals surface area contributed by atoms with Gasteiger partial charge in [-0.1, -0.05) is 17.7 Å². The van der Waals surface area contributed by atoms with Gasteiger partial charge in [0.05, 0.1) is 0 Å². The smallest absolute Gasteiger partial charge is 0.303 e. The van der Waals surface area contributed by atoms with E-state index in [0.717, 1.165) is 16.5 Å². The van der Waals surface area contributed by atoms with Gasteiger partial charge in [-0.15, -0.1) is 23.3 Å². The van der Waals surface area contributed by atoms with Gasteiger partial charge < -0.3 is 5.11 Å². The van der Waals surface area contributed by atoms with E-state index in [9.17, 15) is 9.59 Å². The van der Waals surface area contributed by atoms with Gasteiger partial charge in [0.25, 0.3) is 0 Å². The molecule has 0 amide bonds. The van der Waals surface area contributed by atoms with Crippen LogP contribution in [0, 0.1) is 0 Å². The summed E-state index contributed by atoms with van der Waals surface area (Å²) in [4.78, 5) is 19.8. The lowest BCUT2D eigenvalue weighted by Gasteiger charge is -1.89. The van der Waals surface area contributed by atoms with E-state index in [2.05, 4.69) is 23.3 Å². The van der Waals surface area contributed by atoms with Gasteiger partial charge in [0.1, 0.15) is 0 Å². The topological polar surface area (TPSA) is 54.4 Å². The summed E-state index contributed by atoms with van der Waals surface area (Å²) < 4.78 is 0. The minimum atomic E-state index is -0.745. The lowest BCUT2D eigenvalue weighted by molar-refractivity contribution is -0.136. The molecule has 0 radical (unpaired) electrons.